The van der Waals surface area contributed by atoms with Crippen LogP contribution in [0, 0.1) is 0 Å². The molecule has 0 saturated heterocycles. The van der Waals surface area contributed by atoms with Gasteiger partial charge in [0.15, 0.2) is 0 Å². The largest absolute Gasteiger partial charge is 0.310 e. The van der Waals surface area contributed by atoms with Gasteiger partial charge in [-0.25, -0.2) is 0 Å². The Hall–Kier alpha value is -9.44. The second-order valence-electron chi connectivity index (χ2n) is 18.4. The lowest BCUT2D eigenvalue weighted by molar-refractivity contribution is 1.16. The van der Waals surface area contributed by atoms with Crippen LogP contribution in [0.25, 0.3) is 110 Å². The number of hydrogen-bond acceptors (Lipinski definition) is 1. The minimum absolute atomic E-state index is 1.08. The van der Waals surface area contributed by atoms with E-state index in [4.69, 9.17) is 0 Å². The molecule has 2 heterocycles. The normalized spacial score (nSPS) is 11.7. The number of anilines is 3. The van der Waals surface area contributed by atoms with Crippen LogP contribution in [-0.2, 0) is 0 Å². The first-order valence-corrected chi connectivity index (χ1v) is 24.4. The van der Waals surface area contributed by atoms with Gasteiger partial charge < -0.3 is 14.0 Å². The molecule has 3 heteroatoms. The summed E-state index contributed by atoms with van der Waals surface area (Å²) in [4.78, 5) is 2.44. The van der Waals surface area contributed by atoms with Crippen molar-refractivity contribution in [3.63, 3.8) is 0 Å². The van der Waals surface area contributed by atoms with Crippen molar-refractivity contribution in [2.75, 3.05) is 4.90 Å². The van der Waals surface area contributed by atoms with Gasteiger partial charge in [0.1, 0.15) is 0 Å². The fourth-order valence-corrected chi connectivity index (χ4v) is 11.4. The molecule has 0 aliphatic rings. The summed E-state index contributed by atoms with van der Waals surface area (Å²) in [6.45, 7) is 0. The Balaban J connectivity index is 1.00. The molecular weight excluding hydrogens is 859 g/mol. The highest BCUT2D eigenvalue weighted by Gasteiger charge is 2.26. The van der Waals surface area contributed by atoms with Crippen molar-refractivity contribution in [1.29, 1.82) is 0 Å². The predicted octanol–water partition coefficient (Wildman–Crippen LogP) is 18.7. The first-order chi connectivity index (χ1) is 35.3. The van der Waals surface area contributed by atoms with E-state index in [-0.39, 0.29) is 0 Å². The van der Waals surface area contributed by atoms with Crippen LogP contribution in [0.1, 0.15) is 0 Å². The summed E-state index contributed by atoms with van der Waals surface area (Å²) in [5.74, 6) is 0. The molecule has 332 valence electrons. The summed E-state index contributed by atoms with van der Waals surface area (Å²) in [7, 11) is 0. The van der Waals surface area contributed by atoms with Gasteiger partial charge >= 0.3 is 0 Å². The van der Waals surface area contributed by atoms with Gasteiger partial charge in [0.2, 0.25) is 0 Å². The molecular formula is C68H45N3. The van der Waals surface area contributed by atoms with Gasteiger partial charge in [0.05, 0.1) is 33.6 Å². The van der Waals surface area contributed by atoms with Crippen molar-refractivity contribution in [2.45, 2.75) is 0 Å². The van der Waals surface area contributed by atoms with E-state index in [1.807, 2.05) is 0 Å². The third-order valence-electron chi connectivity index (χ3n) is 14.5. The van der Waals surface area contributed by atoms with Gasteiger partial charge in [-0.2, -0.15) is 0 Å². The van der Waals surface area contributed by atoms with Crippen LogP contribution in [0.15, 0.2) is 273 Å². The maximum absolute atomic E-state index is 2.54. The fourth-order valence-electron chi connectivity index (χ4n) is 11.4. The number of hydrogen-bond donors (Lipinski definition) is 0. The van der Waals surface area contributed by atoms with Crippen molar-refractivity contribution in [3.05, 3.63) is 273 Å². The quantitative estimate of drug-likeness (QED) is 0.148. The third kappa shape index (κ3) is 6.59. The SMILES string of the molecule is c1ccc(-c2c(-c3ccccc3)n(-c3cccc4ccccc34)c3c2cc(-c2ccc(N(c4ccc5c(c4)c4ccccc4n5-c4ccccc4)c4cccc5ccccc45)cc2)c2ccccc23)cc1. The maximum Gasteiger partial charge on any atom is 0.0620 e. The lowest BCUT2D eigenvalue weighted by atomic mass is 9.92. The van der Waals surface area contributed by atoms with E-state index in [1.54, 1.807) is 0 Å². The van der Waals surface area contributed by atoms with Crippen LogP contribution in [-0.4, -0.2) is 9.13 Å². The number of fused-ring (bicyclic) bond motifs is 8. The average molecular weight is 904 g/mol. The molecule has 14 aromatic rings. The summed E-state index contributed by atoms with van der Waals surface area (Å²) < 4.78 is 4.93. The summed E-state index contributed by atoms with van der Waals surface area (Å²) in [6.07, 6.45) is 0. The van der Waals surface area contributed by atoms with Crippen molar-refractivity contribution in [1.82, 2.24) is 9.13 Å². The Bertz CT molecular complexity index is 4310. The summed E-state index contributed by atoms with van der Waals surface area (Å²) >= 11 is 0. The van der Waals surface area contributed by atoms with E-state index >= 15 is 0 Å². The highest BCUT2D eigenvalue weighted by molar-refractivity contribution is 6.21. The summed E-state index contributed by atoms with van der Waals surface area (Å²) in [6, 6.07) is 99.8. The Morgan fingerprint density at radius 1 is 0.296 bits per heavy atom. The van der Waals surface area contributed by atoms with Crippen molar-refractivity contribution >= 4 is 82.1 Å². The van der Waals surface area contributed by atoms with E-state index in [9.17, 15) is 0 Å². The lowest BCUT2D eigenvalue weighted by Crippen LogP contribution is -2.10. The smallest absolute Gasteiger partial charge is 0.0620 e. The van der Waals surface area contributed by atoms with Crippen LogP contribution >= 0.6 is 0 Å². The standard InChI is InChI=1S/C68H45N3/c1-4-22-49(23-5-1)66-61-45-59(56-32-14-15-34-58(56)68(61)71(67(66)50-24-6-2-7-25-50)63-37-19-27-47-21-11-13-31-55(47)63)48-38-40-52(41-39-48)69(62-36-18-26-46-20-10-12-30-54(46)62)53-42-43-65-60(44-53)57-33-16-17-35-64(57)70(65)51-28-8-3-9-29-51/h1-45H. The molecule has 0 spiro atoms. The van der Waals surface area contributed by atoms with Crippen LogP contribution < -0.4 is 4.90 Å². The maximum atomic E-state index is 2.54. The van der Waals surface area contributed by atoms with Crippen molar-refractivity contribution in [2.24, 2.45) is 0 Å². The molecule has 0 amide bonds. The first-order valence-electron chi connectivity index (χ1n) is 24.4. The van der Waals surface area contributed by atoms with Crippen molar-refractivity contribution < 1.29 is 0 Å². The van der Waals surface area contributed by atoms with E-state index in [1.165, 1.54) is 93.0 Å². The average Bonchev–Trinajstić information content (AvgIpc) is 3.97. The third-order valence-corrected chi connectivity index (χ3v) is 14.5. The van der Waals surface area contributed by atoms with Crippen LogP contribution in [0.4, 0.5) is 17.1 Å². The van der Waals surface area contributed by atoms with Gasteiger partial charge in [-0.05, 0) is 105 Å². The fraction of sp³-hybridized carbons (Fsp3) is 0. The molecule has 0 aliphatic heterocycles. The number of nitrogens with zero attached hydrogens (tertiary/aromatic N) is 3. The monoisotopic (exact) mass is 903 g/mol. The Morgan fingerprint density at radius 2 is 0.845 bits per heavy atom. The molecule has 0 bridgehead atoms. The zero-order valence-electron chi connectivity index (χ0n) is 38.8. The molecule has 0 saturated carbocycles. The van der Waals surface area contributed by atoms with Gasteiger partial charge in [-0.3, -0.25) is 0 Å². The Kier molecular flexibility index (Phi) is 9.53. The van der Waals surface area contributed by atoms with Gasteiger partial charge in [-0.1, -0.05) is 206 Å². The number of aromatic nitrogens is 2. The van der Waals surface area contributed by atoms with Crippen LogP contribution in [0.2, 0.25) is 0 Å². The molecule has 0 aliphatic carbocycles. The number of para-hydroxylation sites is 2. The zero-order valence-corrected chi connectivity index (χ0v) is 38.8. The summed E-state index contributed by atoms with van der Waals surface area (Å²) in [5.41, 5.74) is 16.3. The lowest BCUT2D eigenvalue weighted by Gasteiger charge is -2.27. The minimum atomic E-state index is 1.08. The van der Waals surface area contributed by atoms with Crippen molar-refractivity contribution in [3.8, 4) is 44.9 Å². The second-order valence-corrected chi connectivity index (χ2v) is 18.4. The Morgan fingerprint density at radius 3 is 1.59 bits per heavy atom. The van der Waals surface area contributed by atoms with E-state index < -0.39 is 0 Å². The van der Waals surface area contributed by atoms with Gasteiger partial charge in [-0.15, -0.1) is 0 Å². The summed E-state index contributed by atoms with van der Waals surface area (Å²) in [5, 5.41) is 10.9. The zero-order chi connectivity index (χ0) is 46.8. The molecule has 14 rings (SSSR count). The van der Waals surface area contributed by atoms with E-state index in [0.29, 0.717) is 0 Å². The topological polar surface area (TPSA) is 13.1 Å². The highest BCUT2D eigenvalue weighted by Crippen LogP contribution is 2.49. The first kappa shape index (κ1) is 40.6. The van der Waals surface area contributed by atoms with Crippen LogP contribution in [0.5, 0.6) is 0 Å². The highest BCUT2D eigenvalue weighted by atomic mass is 15.1. The molecule has 0 N–H and O–H groups in total. The molecule has 0 fully saturated rings. The Labute approximate surface area is 412 Å². The molecule has 12 aromatic carbocycles. The van der Waals surface area contributed by atoms with E-state index in [0.717, 1.165) is 34.0 Å². The predicted molar refractivity (Wildman–Crippen MR) is 301 cm³/mol. The molecule has 71 heavy (non-hydrogen) atoms. The molecule has 0 radical (unpaired) electrons. The molecule has 3 nitrogen and oxygen atoms in total. The van der Waals surface area contributed by atoms with Gasteiger partial charge in [0.25, 0.3) is 0 Å². The second kappa shape index (κ2) is 16.7. The number of benzene rings is 12. The molecule has 0 atom stereocenters. The molecule has 0 unspecified atom stereocenters. The van der Waals surface area contributed by atoms with E-state index in [2.05, 4.69) is 287 Å². The molecule has 2 aromatic heterocycles. The minimum Gasteiger partial charge on any atom is -0.310 e. The van der Waals surface area contributed by atoms with Gasteiger partial charge in [0, 0.05) is 54.9 Å². The number of rotatable bonds is 8. The van der Waals surface area contributed by atoms with Crippen LogP contribution in [0.3, 0.4) is 0 Å².